The Hall–Kier alpha value is -3.48. The number of hydrogen-bond donors (Lipinski definition) is 1. The standard InChI is InChI=1S/C23H24N6O/c30-22(23(13-5-2-6-14-23)29-17-24-26-27-29)25-20-10-7-11-21-19(20)12-15-28(21)16-18-8-3-1-4-9-18/h1,3-4,7-12,15,17H,2,5-6,13-14,16H2,(H,25,30). The Bertz CT molecular complexity index is 1140. The third-order valence-corrected chi connectivity index (χ3v) is 6.15. The van der Waals surface area contributed by atoms with Crippen molar-refractivity contribution in [3.05, 3.63) is 72.7 Å². The summed E-state index contributed by atoms with van der Waals surface area (Å²) < 4.78 is 3.85. The smallest absolute Gasteiger partial charge is 0.252 e. The highest BCUT2D eigenvalue weighted by Crippen LogP contribution is 2.36. The highest BCUT2D eigenvalue weighted by atomic mass is 16.2. The number of nitrogens with zero attached hydrogens (tertiary/aromatic N) is 5. The maximum absolute atomic E-state index is 13.5. The maximum Gasteiger partial charge on any atom is 0.252 e. The first-order valence-electron chi connectivity index (χ1n) is 10.4. The summed E-state index contributed by atoms with van der Waals surface area (Å²) in [7, 11) is 0. The molecule has 2 heterocycles. The van der Waals surface area contributed by atoms with Crippen LogP contribution in [0.15, 0.2) is 67.1 Å². The van der Waals surface area contributed by atoms with Crippen molar-refractivity contribution in [1.82, 2.24) is 24.8 Å². The van der Waals surface area contributed by atoms with E-state index >= 15 is 0 Å². The summed E-state index contributed by atoms with van der Waals surface area (Å²) in [5, 5.41) is 15.9. The molecule has 1 N–H and O–H groups in total. The Balaban J connectivity index is 1.46. The first-order chi connectivity index (χ1) is 14.8. The van der Waals surface area contributed by atoms with Crippen LogP contribution in [-0.4, -0.2) is 30.7 Å². The van der Waals surface area contributed by atoms with Crippen molar-refractivity contribution in [2.24, 2.45) is 0 Å². The van der Waals surface area contributed by atoms with E-state index in [1.165, 1.54) is 5.56 Å². The molecular weight excluding hydrogens is 376 g/mol. The van der Waals surface area contributed by atoms with E-state index in [1.54, 1.807) is 11.0 Å². The number of fused-ring (bicyclic) bond motifs is 1. The average Bonchev–Trinajstić information content (AvgIpc) is 3.47. The van der Waals surface area contributed by atoms with Crippen LogP contribution in [-0.2, 0) is 16.9 Å². The van der Waals surface area contributed by atoms with Gasteiger partial charge in [-0.2, -0.15) is 0 Å². The fourth-order valence-corrected chi connectivity index (χ4v) is 4.54. The van der Waals surface area contributed by atoms with Gasteiger partial charge in [-0.3, -0.25) is 4.79 Å². The molecule has 7 heteroatoms. The quantitative estimate of drug-likeness (QED) is 0.550. The molecule has 0 atom stereocenters. The van der Waals surface area contributed by atoms with Crippen LogP contribution in [0.3, 0.4) is 0 Å². The molecule has 0 spiro atoms. The van der Waals surface area contributed by atoms with E-state index in [0.29, 0.717) is 0 Å². The van der Waals surface area contributed by atoms with Crippen LogP contribution < -0.4 is 5.32 Å². The second-order valence-corrected chi connectivity index (χ2v) is 7.97. The van der Waals surface area contributed by atoms with Crippen LogP contribution in [0.25, 0.3) is 10.9 Å². The van der Waals surface area contributed by atoms with Crippen LogP contribution in [0.4, 0.5) is 5.69 Å². The molecule has 1 aliphatic rings. The lowest BCUT2D eigenvalue weighted by atomic mass is 9.81. The topological polar surface area (TPSA) is 77.6 Å². The Labute approximate surface area is 174 Å². The molecule has 0 saturated heterocycles. The first kappa shape index (κ1) is 18.5. The number of tetrazole rings is 1. The van der Waals surface area contributed by atoms with E-state index in [2.05, 4.69) is 68.0 Å². The molecule has 1 saturated carbocycles. The molecule has 152 valence electrons. The Morgan fingerprint density at radius 2 is 1.83 bits per heavy atom. The van der Waals surface area contributed by atoms with Gasteiger partial charge in [-0.05, 0) is 47.0 Å². The first-order valence-corrected chi connectivity index (χ1v) is 10.4. The highest BCUT2D eigenvalue weighted by molar-refractivity contribution is 6.04. The molecular formula is C23H24N6O. The van der Waals surface area contributed by atoms with Crippen LogP contribution in [0.1, 0.15) is 37.7 Å². The van der Waals surface area contributed by atoms with Gasteiger partial charge in [0.1, 0.15) is 11.9 Å². The minimum Gasteiger partial charge on any atom is -0.343 e. The van der Waals surface area contributed by atoms with Crippen molar-refractivity contribution in [3.63, 3.8) is 0 Å². The fraction of sp³-hybridized carbons (Fsp3) is 0.304. The summed E-state index contributed by atoms with van der Waals surface area (Å²) in [6, 6.07) is 18.5. The second-order valence-electron chi connectivity index (χ2n) is 7.97. The van der Waals surface area contributed by atoms with Crippen molar-refractivity contribution in [3.8, 4) is 0 Å². The number of hydrogen-bond acceptors (Lipinski definition) is 4. The number of carbonyl (C=O) groups is 1. The van der Waals surface area contributed by atoms with Crippen LogP contribution in [0, 0.1) is 0 Å². The van der Waals surface area contributed by atoms with Crippen LogP contribution in [0.5, 0.6) is 0 Å². The summed E-state index contributed by atoms with van der Waals surface area (Å²) in [5.41, 5.74) is 2.43. The molecule has 2 aromatic heterocycles. The maximum atomic E-state index is 13.5. The molecule has 7 nitrogen and oxygen atoms in total. The fourth-order valence-electron chi connectivity index (χ4n) is 4.54. The summed E-state index contributed by atoms with van der Waals surface area (Å²) in [5.74, 6) is -0.0437. The molecule has 1 amide bonds. The van der Waals surface area contributed by atoms with E-state index in [9.17, 15) is 4.79 Å². The molecule has 1 aliphatic carbocycles. The molecule has 1 fully saturated rings. The highest BCUT2D eigenvalue weighted by Gasteiger charge is 2.42. The predicted octanol–water partition coefficient (Wildman–Crippen LogP) is 3.97. The van der Waals surface area contributed by atoms with Gasteiger partial charge in [-0.15, -0.1) is 5.10 Å². The monoisotopic (exact) mass is 400 g/mol. The Morgan fingerprint density at radius 1 is 1.00 bits per heavy atom. The van der Waals surface area contributed by atoms with Gasteiger partial charge in [0.15, 0.2) is 0 Å². The SMILES string of the molecule is O=C(Nc1cccc2c1ccn2Cc1ccccc1)C1(n2cnnn2)CCCCC1. The zero-order valence-corrected chi connectivity index (χ0v) is 16.7. The van der Waals surface area contributed by atoms with E-state index in [0.717, 1.165) is 55.2 Å². The third kappa shape index (κ3) is 3.26. The van der Waals surface area contributed by atoms with Crippen molar-refractivity contribution in [2.45, 2.75) is 44.2 Å². The number of benzene rings is 2. The molecule has 2 aromatic carbocycles. The van der Waals surface area contributed by atoms with E-state index in [4.69, 9.17) is 0 Å². The summed E-state index contributed by atoms with van der Waals surface area (Å²) in [6.45, 7) is 0.788. The Kier molecular flexibility index (Phi) is 4.78. The van der Waals surface area contributed by atoms with Gasteiger partial charge in [-0.25, -0.2) is 4.68 Å². The van der Waals surface area contributed by atoms with Gasteiger partial charge in [0.2, 0.25) is 0 Å². The summed E-state index contributed by atoms with van der Waals surface area (Å²) in [6.07, 6.45) is 8.24. The van der Waals surface area contributed by atoms with E-state index < -0.39 is 5.54 Å². The van der Waals surface area contributed by atoms with E-state index in [-0.39, 0.29) is 5.91 Å². The zero-order chi connectivity index (χ0) is 20.4. The van der Waals surface area contributed by atoms with Gasteiger partial charge in [-0.1, -0.05) is 55.7 Å². The second kappa shape index (κ2) is 7.74. The van der Waals surface area contributed by atoms with Gasteiger partial charge in [0, 0.05) is 18.1 Å². The third-order valence-electron chi connectivity index (χ3n) is 6.15. The minimum atomic E-state index is -0.726. The van der Waals surface area contributed by atoms with Crippen molar-refractivity contribution in [2.75, 3.05) is 5.32 Å². The lowest BCUT2D eigenvalue weighted by molar-refractivity contribution is -0.126. The molecule has 0 aliphatic heterocycles. The molecule has 0 bridgehead atoms. The van der Waals surface area contributed by atoms with Crippen LogP contribution >= 0.6 is 0 Å². The summed E-state index contributed by atoms with van der Waals surface area (Å²) in [4.78, 5) is 13.5. The van der Waals surface area contributed by atoms with Gasteiger partial charge in [0.25, 0.3) is 5.91 Å². The Morgan fingerprint density at radius 3 is 2.60 bits per heavy atom. The van der Waals surface area contributed by atoms with Gasteiger partial charge in [0.05, 0.1) is 11.2 Å². The van der Waals surface area contributed by atoms with Crippen LogP contribution in [0.2, 0.25) is 0 Å². The molecule has 4 aromatic rings. The molecule has 30 heavy (non-hydrogen) atoms. The molecule has 0 radical (unpaired) electrons. The lowest BCUT2D eigenvalue weighted by Gasteiger charge is -2.35. The van der Waals surface area contributed by atoms with Crippen molar-refractivity contribution >= 4 is 22.5 Å². The number of carbonyl (C=O) groups excluding carboxylic acids is 1. The van der Waals surface area contributed by atoms with Gasteiger partial charge >= 0.3 is 0 Å². The molecule has 0 unspecified atom stereocenters. The van der Waals surface area contributed by atoms with E-state index in [1.807, 2.05) is 18.2 Å². The average molecular weight is 400 g/mol. The zero-order valence-electron chi connectivity index (χ0n) is 16.7. The normalized spacial score (nSPS) is 15.9. The summed E-state index contributed by atoms with van der Waals surface area (Å²) >= 11 is 0. The minimum absolute atomic E-state index is 0.0437. The number of nitrogens with one attached hydrogen (secondary N) is 1. The van der Waals surface area contributed by atoms with Gasteiger partial charge < -0.3 is 9.88 Å². The number of anilines is 1. The number of aromatic nitrogens is 5. The lowest BCUT2D eigenvalue weighted by Crippen LogP contribution is -2.47. The largest absolute Gasteiger partial charge is 0.343 e. The predicted molar refractivity (Wildman–Crippen MR) is 115 cm³/mol. The molecule has 5 rings (SSSR count). The number of rotatable bonds is 5. The van der Waals surface area contributed by atoms with Crippen molar-refractivity contribution < 1.29 is 4.79 Å². The number of amides is 1. The van der Waals surface area contributed by atoms with Crippen molar-refractivity contribution in [1.29, 1.82) is 0 Å².